The molecule has 1 fully saturated rings. The van der Waals surface area contributed by atoms with Crippen molar-refractivity contribution in [1.29, 1.82) is 0 Å². The molecular formula is C15H20BrN. The van der Waals surface area contributed by atoms with E-state index in [0.717, 1.165) is 12.0 Å². The van der Waals surface area contributed by atoms with E-state index in [1.807, 2.05) is 0 Å². The van der Waals surface area contributed by atoms with Gasteiger partial charge in [-0.2, -0.15) is 0 Å². The summed E-state index contributed by atoms with van der Waals surface area (Å²) in [6, 6.07) is 7.63. The van der Waals surface area contributed by atoms with Crippen LogP contribution < -0.4 is 5.32 Å². The number of benzene rings is 1. The van der Waals surface area contributed by atoms with Gasteiger partial charge < -0.3 is 5.32 Å². The molecule has 1 aromatic carbocycles. The Balaban J connectivity index is 1.71. The zero-order chi connectivity index (χ0) is 11.7. The van der Waals surface area contributed by atoms with E-state index >= 15 is 0 Å². The first kappa shape index (κ1) is 11.7. The molecular weight excluding hydrogens is 274 g/mol. The summed E-state index contributed by atoms with van der Waals surface area (Å²) in [5, 5.41) is 3.73. The lowest BCUT2D eigenvalue weighted by atomic mass is 9.82. The predicted molar refractivity (Wildman–Crippen MR) is 75.5 cm³/mol. The molecule has 0 saturated heterocycles. The molecule has 2 heteroatoms. The molecule has 1 aromatic rings. The van der Waals surface area contributed by atoms with Crippen molar-refractivity contribution in [3.05, 3.63) is 33.8 Å². The van der Waals surface area contributed by atoms with Gasteiger partial charge in [0.05, 0.1) is 0 Å². The van der Waals surface area contributed by atoms with Gasteiger partial charge in [-0.3, -0.25) is 0 Å². The van der Waals surface area contributed by atoms with Crippen molar-refractivity contribution in [3.63, 3.8) is 0 Å². The smallest absolute Gasteiger partial charge is 0.0178 e. The van der Waals surface area contributed by atoms with Crippen LogP contribution in [-0.4, -0.2) is 12.6 Å². The van der Waals surface area contributed by atoms with Gasteiger partial charge in [0, 0.05) is 17.1 Å². The minimum absolute atomic E-state index is 0.733. The van der Waals surface area contributed by atoms with Crippen LogP contribution in [0.4, 0.5) is 0 Å². The average Bonchev–Trinajstić information content (AvgIpc) is 2.27. The first-order valence-corrected chi connectivity index (χ1v) is 7.64. The maximum atomic E-state index is 3.73. The first-order chi connectivity index (χ1) is 8.33. The molecule has 0 aromatic heterocycles. The van der Waals surface area contributed by atoms with Crippen LogP contribution in [0, 0.1) is 0 Å². The Morgan fingerprint density at radius 3 is 2.82 bits per heavy atom. The minimum Gasteiger partial charge on any atom is -0.313 e. The van der Waals surface area contributed by atoms with Crippen molar-refractivity contribution in [3.8, 4) is 0 Å². The molecule has 0 bridgehead atoms. The maximum absolute atomic E-state index is 3.73. The van der Waals surface area contributed by atoms with E-state index < -0.39 is 0 Å². The third-order valence-electron chi connectivity index (χ3n) is 4.30. The average molecular weight is 294 g/mol. The predicted octanol–water partition coefficient (Wildman–Crippen LogP) is 4.01. The lowest BCUT2D eigenvalue weighted by Gasteiger charge is -2.31. The van der Waals surface area contributed by atoms with Crippen molar-refractivity contribution < 1.29 is 0 Å². The molecule has 2 aliphatic carbocycles. The fourth-order valence-electron chi connectivity index (χ4n) is 3.00. The quantitative estimate of drug-likeness (QED) is 0.888. The Morgan fingerprint density at radius 2 is 2.06 bits per heavy atom. The first-order valence-electron chi connectivity index (χ1n) is 6.84. The molecule has 92 valence electrons. The van der Waals surface area contributed by atoms with Gasteiger partial charge in [0.2, 0.25) is 0 Å². The van der Waals surface area contributed by atoms with E-state index in [1.165, 1.54) is 49.5 Å². The highest BCUT2D eigenvalue weighted by atomic mass is 79.9. The summed E-state index contributed by atoms with van der Waals surface area (Å²) in [6.07, 6.45) is 8.16. The van der Waals surface area contributed by atoms with E-state index in [4.69, 9.17) is 0 Å². The van der Waals surface area contributed by atoms with Gasteiger partial charge in [0.15, 0.2) is 0 Å². The molecule has 0 heterocycles. The summed E-state index contributed by atoms with van der Waals surface area (Å²) in [7, 11) is 0. The van der Waals surface area contributed by atoms with Gasteiger partial charge in [-0.15, -0.1) is 0 Å². The molecule has 0 aliphatic heterocycles. The molecule has 0 spiro atoms. The van der Waals surface area contributed by atoms with Gasteiger partial charge >= 0.3 is 0 Å². The number of hydrogen-bond acceptors (Lipinski definition) is 1. The van der Waals surface area contributed by atoms with Gasteiger partial charge in [-0.05, 0) is 61.3 Å². The molecule has 17 heavy (non-hydrogen) atoms. The van der Waals surface area contributed by atoms with Gasteiger partial charge in [0.1, 0.15) is 0 Å². The summed E-state index contributed by atoms with van der Waals surface area (Å²) in [5.74, 6) is 0.733. The molecule has 3 rings (SSSR count). The SMILES string of the molecule is Brc1ccc2c(c1)C(CNC1CCC1)CCC2. The molecule has 1 saturated carbocycles. The zero-order valence-corrected chi connectivity index (χ0v) is 11.8. The maximum Gasteiger partial charge on any atom is 0.0178 e. The Labute approximate surface area is 112 Å². The number of nitrogens with one attached hydrogen (secondary N) is 1. The second-order valence-corrected chi connectivity index (χ2v) is 6.38. The fraction of sp³-hybridized carbons (Fsp3) is 0.600. The highest BCUT2D eigenvalue weighted by Crippen LogP contribution is 2.33. The summed E-state index contributed by atoms with van der Waals surface area (Å²) in [4.78, 5) is 0. The number of hydrogen-bond donors (Lipinski definition) is 1. The standard InChI is InChI=1S/C15H20BrN/c16-13-8-7-11-3-1-4-12(15(11)9-13)10-17-14-5-2-6-14/h7-9,12,14,17H,1-6,10H2. The van der Waals surface area contributed by atoms with Crippen LogP contribution in [0.5, 0.6) is 0 Å². The number of halogens is 1. The number of aryl methyl sites for hydroxylation is 1. The number of rotatable bonds is 3. The van der Waals surface area contributed by atoms with E-state index in [0.29, 0.717) is 0 Å². The summed E-state index contributed by atoms with van der Waals surface area (Å²) in [5.41, 5.74) is 3.15. The fourth-order valence-corrected chi connectivity index (χ4v) is 3.38. The Morgan fingerprint density at radius 1 is 1.18 bits per heavy atom. The van der Waals surface area contributed by atoms with Crippen LogP contribution in [0.15, 0.2) is 22.7 Å². The van der Waals surface area contributed by atoms with Crippen LogP contribution in [0.25, 0.3) is 0 Å². The molecule has 1 nitrogen and oxygen atoms in total. The molecule has 1 unspecified atom stereocenters. The van der Waals surface area contributed by atoms with Crippen molar-refractivity contribution >= 4 is 15.9 Å². The van der Waals surface area contributed by atoms with E-state index in [2.05, 4.69) is 39.4 Å². The van der Waals surface area contributed by atoms with Gasteiger partial charge in [0.25, 0.3) is 0 Å². The monoisotopic (exact) mass is 293 g/mol. The summed E-state index contributed by atoms with van der Waals surface area (Å²) < 4.78 is 1.23. The molecule has 0 radical (unpaired) electrons. The van der Waals surface area contributed by atoms with Crippen molar-refractivity contribution in [2.75, 3.05) is 6.54 Å². The van der Waals surface area contributed by atoms with Crippen molar-refractivity contribution in [2.24, 2.45) is 0 Å². The van der Waals surface area contributed by atoms with Crippen molar-refractivity contribution in [1.82, 2.24) is 5.32 Å². The van der Waals surface area contributed by atoms with Gasteiger partial charge in [-0.25, -0.2) is 0 Å². The Bertz CT molecular complexity index is 398. The Kier molecular flexibility index (Phi) is 3.53. The van der Waals surface area contributed by atoms with Crippen LogP contribution in [0.1, 0.15) is 49.1 Å². The third kappa shape index (κ3) is 2.58. The van der Waals surface area contributed by atoms with Crippen LogP contribution >= 0.6 is 15.9 Å². The van der Waals surface area contributed by atoms with Crippen LogP contribution in [0.2, 0.25) is 0 Å². The second-order valence-electron chi connectivity index (χ2n) is 5.47. The highest BCUT2D eigenvalue weighted by Gasteiger charge is 2.23. The summed E-state index contributed by atoms with van der Waals surface area (Å²) in [6.45, 7) is 1.17. The topological polar surface area (TPSA) is 12.0 Å². The number of fused-ring (bicyclic) bond motifs is 1. The lowest BCUT2D eigenvalue weighted by Crippen LogP contribution is -2.38. The highest BCUT2D eigenvalue weighted by molar-refractivity contribution is 9.10. The zero-order valence-electron chi connectivity index (χ0n) is 10.2. The summed E-state index contributed by atoms with van der Waals surface area (Å²) >= 11 is 3.60. The van der Waals surface area contributed by atoms with Gasteiger partial charge in [-0.1, -0.05) is 28.4 Å². The lowest BCUT2D eigenvalue weighted by molar-refractivity contribution is 0.326. The van der Waals surface area contributed by atoms with E-state index in [1.54, 1.807) is 11.1 Å². The largest absolute Gasteiger partial charge is 0.313 e. The van der Waals surface area contributed by atoms with Crippen LogP contribution in [-0.2, 0) is 6.42 Å². The minimum atomic E-state index is 0.733. The van der Waals surface area contributed by atoms with E-state index in [9.17, 15) is 0 Å². The normalized spacial score (nSPS) is 24.2. The Hall–Kier alpha value is -0.340. The second kappa shape index (κ2) is 5.11. The van der Waals surface area contributed by atoms with Crippen molar-refractivity contribution in [2.45, 2.75) is 50.5 Å². The van der Waals surface area contributed by atoms with E-state index in [-0.39, 0.29) is 0 Å². The molecule has 2 aliphatic rings. The molecule has 0 amide bonds. The molecule has 1 N–H and O–H groups in total. The third-order valence-corrected chi connectivity index (χ3v) is 4.80. The molecule has 1 atom stereocenters. The van der Waals surface area contributed by atoms with Crippen LogP contribution in [0.3, 0.4) is 0 Å².